The molecule has 0 fully saturated rings. The van der Waals surface area contributed by atoms with E-state index in [2.05, 4.69) is 5.32 Å². The van der Waals surface area contributed by atoms with E-state index < -0.39 is 12.0 Å². The minimum absolute atomic E-state index is 0.199. The lowest BCUT2D eigenvalue weighted by Gasteiger charge is -2.22. The van der Waals surface area contributed by atoms with Crippen LogP contribution in [0.25, 0.3) is 0 Å². The molecule has 2 atom stereocenters. The van der Waals surface area contributed by atoms with Gasteiger partial charge >= 0.3 is 5.97 Å². The minimum atomic E-state index is -0.867. The summed E-state index contributed by atoms with van der Waals surface area (Å²) in [6.45, 7) is 7.51. The number of carboxylic acids is 1. The van der Waals surface area contributed by atoms with E-state index in [1.165, 1.54) is 6.07 Å². The summed E-state index contributed by atoms with van der Waals surface area (Å²) < 4.78 is 13.5. The first-order chi connectivity index (χ1) is 8.81. The SMILES string of the molecule is Cc1ccc(C(C)NC(CC(C)C)C(=O)O)cc1F. The Hall–Kier alpha value is -1.42. The van der Waals surface area contributed by atoms with E-state index in [4.69, 9.17) is 0 Å². The molecule has 0 aliphatic rings. The second kappa shape index (κ2) is 6.66. The van der Waals surface area contributed by atoms with E-state index in [1.807, 2.05) is 26.8 Å². The van der Waals surface area contributed by atoms with Crippen molar-refractivity contribution in [3.63, 3.8) is 0 Å². The summed E-state index contributed by atoms with van der Waals surface area (Å²) in [6, 6.07) is 4.18. The summed E-state index contributed by atoms with van der Waals surface area (Å²) in [5.74, 6) is -0.842. The van der Waals surface area contributed by atoms with Crippen molar-refractivity contribution in [3.8, 4) is 0 Å². The number of aryl methyl sites for hydroxylation is 1. The highest BCUT2D eigenvalue weighted by Gasteiger charge is 2.21. The number of halogens is 1. The maximum Gasteiger partial charge on any atom is 0.320 e. The van der Waals surface area contributed by atoms with Gasteiger partial charge in [0.05, 0.1) is 0 Å². The maximum atomic E-state index is 13.5. The van der Waals surface area contributed by atoms with Crippen LogP contribution in [0.4, 0.5) is 4.39 Å². The lowest BCUT2D eigenvalue weighted by molar-refractivity contribution is -0.140. The largest absolute Gasteiger partial charge is 0.480 e. The molecular formula is C15H22FNO2. The van der Waals surface area contributed by atoms with Crippen LogP contribution in [-0.2, 0) is 4.79 Å². The van der Waals surface area contributed by atoms with Crippen molar-refractivity contribution in [1.29, 1.82) is 0 Å². The molecule has 3 nitrogen and oxygen atoms in total. The first kappa shape index (κ1) is 15.6. The van der Waals surface area contributed by atoms with Crippen LogP contribution < -0.4 is 5.32 Å². The lowest BCUT2D eigenvalue weighted by Crippen LogP contribution is -2.39. The Bertz CT molecular complexity index is 446. The number of benzene rings is 1. The molecule has 1 aromatic rings. The third-order valence-electron chi connectivity index (χ3n) is 3.15. The molecule has 0 bridgehead atoms. The molecule has 0 aliphatic heterocycles. The Kier molecular flexibility index (Phi) is 5.48. The van der Waals surface area contributed by atoms with Crippen molar-refractivity contribution in [3.05, 3.63) is 35.1 Å². The number of carbonyl (C=O) groups is 1. The van der Waals surface area contributed by atoms with Gasteiger partial charge in [-0.05, 0) is 43.4 Å². The van der Waals surface area contributed by atoms with Crippen molar-refractivity contribution in [2.45, 2.75) is 46.2 Å². The molecule has 19 heavy (non-hydrogen) atoms. The molecule has 4 heteroatoms. The van der Waals surface area contributed by atoms with Crippen LogP contribution in [0, 0.1) is 18.7 Å². The van der Waals surface area contributed by atoms with Gasteiger partial charge in [0.25, 0.3) is 0 Å². The van der Waals surface area contributed by atoms with Gasteiger partial charge in [-0.3, -0.25) is 10.1 Å². The van der Waals surface area contributed by atoms with Gasteiger partial charge in [-0.2, -0.15) is 0 Å². The zero-order chi connectivity index (χ0) is 14.6. The fourth-order valence-corrected chi connectivity index (χ4v) is 1.99. The summed E-state index contributed by atoms with van der Waals surface area (Å²) >= 11 is 0. The Balaban J connectivity index is 2.78. The van der Waals surface area contributed by atoms with Gasteiger partial charge in [-0.1, -0.05) is 26.0 Å². The van der Waals surface area contributed by atoms with E-state index in [9.17, 15) is 14.3 Å². The molecule has 0 saturated heterocycles. The summed E-state index contributed by atoms with van der Waals surface area (Å²) in [4.78, 5) is 11.2. The number of rotatable bonds is 6. The van der Waals surface area contributed by atoms with Gasteiger partial charge in [0.2, 0.25) is 0 Å². The van der Waals surface area contributed by atoms with Crippen LogP contribution in [0.15, 0.2) is 18.2 Å². The van der Waals surface area contributed by atoms with Gasteiger partial charge in [0, 0.05) is 6.04 Å². The van der Waals surface area contributed by atoms with Crippen molar-refractivity contribution in [2.75, 3.05) is 0 Å². The van der Waals surface area contributed by atoms with E-state index in [-0.39, 0.29) is 17.8 Å². The first-order valence-electron chi connectivity index (χ1n) is 6.56. The fraction of sp³-hybridized carbons (Fsp3) is 0.533. The normalized spacial score (nSPS) is 14.4. The minimum Gasteiger partial charge on any atom is -0.480 e. The first-order valence-corrected chi connectivity index (χ1v) is 6.56. The monoisotopic (exact) mass is 267 g/mol. The molecule has 0 aromatic heterocycles. The molecule has 0 heterocycles. The van der Waals surface area contributed by atoms with Crippen LogP contribution in [0.5, 0.6) is 0 Å². The van der Waals surface area contributed by atoms with Crippen LogP contribution in [0.3, 0.4) is 0 Å². The summed E-state index contributed by atoms with van der Waals surface area (Å²) in [5.41, 5.74) is 1.35. The number of aliphatic carboxylic acids is 1. The molecule has 106 valence electrons. The molecule has 2 unspecified atom stereocenters. The van der Waals surface area contributed by atoms with E-state index in [0.29, 0.717) is 12.0 Å². The Labute approximate surface area is 113 Å². The Morgan fingerprint density at radius 3 is 2.47 bits per heavy atom. The van der Waals surface area contributed by atoms with Gasteiger partial charge in [-0.15, -0.1) is 0 Å². The Morgan fingerprint density at radius 2 is 2.00 bits per heavy atom. The lowest BCUT2D eigenvalue weighted by atomic mass is 10.0. The van der Waals surface area contributed by atoms with Crippen molar-refractivity contribution in [1.82, 2.24) is 5.32 Å². The number of carboxylic acid groups (broad SMARTS) is 1. The smallest absolute Gasteiger partial charge is 0.320 e. The standard InChI is InChI=1S/C15H22FNO2/c1-9(2)7-14(15(18)19)17-11(4)12-6-5-10(3)13(16)8-12/h5-6,8-9,11,14,17H,7H2,1-4H3,(H,18,19). The maximum absolute atomic E-state index is 13.5. The fourth-order valence-electron chi connectivity index (χ4n) is 1.99. The number of hydrogen-bond acceptors (Lipinski definition) is 2. The summed E-state index contributed by atoms with van der Waals surface area (Å²) in [6.07, 6.45) is 0.550. The van der Waals surface area contributed by atoms with E-state index in [1.54, 1.807) is 13.0 Å². The molecule has 1 aromatic carbocycles. The van der Waals surface area contributed by atoms with E-state index in [0.717, 1.165) is 5.56 Å². The number of hydrogen-bond donors (Lipinski definition) is 2. The third-order valence-corrected chi connectivity index (χ3v) is 3.15. The summed E-state index contributed by atoms with van der Waals surface area (Å²) in [7, 11) is 0. The highest BCUT2D eigenvalue weighted by Crippen LogP contribution is 2.18. The van der Waals surface area contributed by atoms with Crippen LogP contribution in [0.1, 0.15) is 44.4 Å². The average molecular weight is 267 g/mol. The third kappa shape index (κ3) is 4.63. The topological polar surface area (TPSA) is 49.3 Å². The predicted molar refractivity (Wildman–Crippen MR) is 73.6 cm³/mol. The summed E-state index contributed by atoms with van der Waals surface area (Å²) in [5, 5.41) is 12.2. The van der Waals surface area contributed by atoms with Crippen molar-refractivity contribution < 1.29 is 14.3 Å². The van der Waals surface area contributed by atoms with Crippen LogP contribution >= 0.6 is 0 Å². The van der Waals surface area contributed by atoms with Crippen LogP contribution in [0.2, 0.25) is 0 Å². The van der Waals surface area contributed by atoms with E-state index >= 15 is 0 Å². The van der Waals surface area contributed by atoms with Gasteiger partial charge in [0.1, 0.15) is 11.9 Å². The van der Waals surface area contributed by atoms with Gasteiger partial charge in [-0.25, -0.2) is 4.39 Å². The molecule has 0 amide bonds. The van der Waals surface area contributed by atoms with Crippen LogP contribution in [-0.4, -0.2) is 17.1 Å². The molecule has 0 spiro atoms. The molecule has 2 N–H and O–H groups in total. The zero-order valence-electron chi connectivity index (χ0n) is 11.9. The average Bonchev–Trinajstić information content (AvgIpc) is 2.31. The van der Waals surface area contributed by atoms with Crippen molar-refractivity contribution >= 4 is 5.97 Å². The second-order valence-corrected chi connectivity index (χ2v) is 5.42. The molecule has 0 saturated carbocycles. The molecule has 0 aliphatic carbocycles. The van der Waals surface area contributed by atoms with Crippen molar-refractivity contribution in [2.24, 2.45) is 5.92 Å². The quantitative estimate of drug-likeness (QED) is 0.831. The highest BCUT2D eigenvalue weighted by atomic mass is 19.1. The Morgan fingerprint density at radius 1 is 1.37 bits per heavy atom. The predicted octanol–water partition coefficient (Wildman–Crippen LogP) is 3.28. The highest BCUT2D eigenvalue weighted by molar-refractivity contribution is 5.73. The second-order valence-electron chi connectivity index (χ2n) is 5.42. The molecule has 1 rings (SSSR count). The molecular weight excluding hydrogens is 245 g/mol. The molecule has 0 radical (unpaired) electrons. The van der Waals surface area contributed by atoms with Gasteiger partial charge < -0.3 is 5.11 Å². The number of nitrogens with one attached hydrogen (secondary N) is 1. The zero-order valence-corrected chi connectivity index (χ0v) is 11.9. The van der Waals surface area contributed by atoms with Gasteiger partial charge in [0.15, 0.2) is 0 Å².